The zero-order valence-corrected chi connectivity index (χ0v) is 9.27. The van der Waals surface area contributed by atoms with Gasteiger partial charge in [0.25, 0.3) is 0 Å². The van der Waals surface area contributed by atoms with Crippen molar-refractivity contribution in [2.45, 2.75) is 31.9 Å². The van der Waals surface area contributed by atoms with Crippen LogP contribution in [0.15, 0.2) is 6.07 Å². The smallest absolute Gasteiger partial charge is 0.419 e. The molecule has 0 aliphatic heterocycles. The van der Waals surface area contributed by atoms with Crippen molar-refractivity contribution in [3.05, 3.63) is 34.1 Å². The van der Waals surface area contributed by atoms with Gasteiger partial charge in [0.2, 0.25) is 0 Å². The summed E-state index contributed by atoms with van der Waals surface area (Å²) in [7, 11) is 0. The molecule has 0 spiro atoms. The van der Waals surface area contributed by atoms with Gasteiger partial charge in [0, 0.05) is 0 Å². The van der Waals surface area contributed by atoms with Crippen molar-refractivity contribution in [1.82, 2.24) is 0 Å². The molecule has 0 aromatic heterocycles. The van der Waals surface area contributed by atoms with Gasteiger partial charge in [0.15, 0.2) is 0 Å². The van der Waals surface area contributed by atoms with Crippen LogP contribution in [0.1, 0.15) is 39.9 Å². The first-order valence-corrected chi connectivity index (χ1v) is 5.47. The molecule has 98 valence electrons. The van der Waals surface area contributed by atoms with Crippen LogP contribution in [0.2, 0.25) is 0 Å². The molecule has 18 heavy (non-hydrogen) atoms. The third-order valence-corrected chi connectivity index (χ3v) is 3.11. The topological polar surface area (TPSA) is 37.3 Å². The minimum absolute atomic E-state index is 0.208. The van der Waals surface area contributed by atoms with Gasteiger partial charge in [-0.15, -0.1) is 0 Å². The van der Waals surface area contributed by atoms with E-state index in [1.165, 1.54) is 0 Å². The van der Waals surface area contributed by atoms with E-state index in [9.17, 15) is 22.4 Å². The predicted octanol–water partition coefficient (Wildman–Crippen LogP) is 3.42. The fourth-order valence-corrected chi connectivity index (χ4v) is 2.31. The summed E-state index contributed by atoms with van der Waals surface area (Å²) in [5, 5.41) is 8.90. The number of hydrogen-bond acceptors (Lipinski definition) is 1. The Hall–Kier alpha value is -1.59. The second-order valence-electron chi connectivity index (χ2n) is 4.26. The van der Waals surface area contributed by atoms with Crippen LogP contribution in [0.25, 0.3) is 0 Å². The Bertz CT molecular complexity index is 506. The molecule has 0 radical (unpaired) electrons. The average molecular weight is 262 g/mol. The van der Waals surface area contributed by atoms with Gasteiger partial charge in [-0.25, -0.2) is 9.18 Å². The Morgan fingerprint density at radius 1 is 1.22 bits per heavy atom. The van der Waals surface area contributed by atoms with Crippen LogP contribution in [0, 0.1) is 5.82 Å². The van der Waals surface area contributed by atoms with Crippen molar-refractivity contribution < 1.29 is 27.5 Å². The lowest BCUT2D eigenvalue weighted by molar-refractivity contribution is -0.140. The second-order valence-corrected chi connectivity index (χ2v) is 4.26. The van der Waals surface area contributed by atoms with Gasteiger partial charge in [-0.3, -0.25) is 0 Å². The number of rotatable bonds is 1. The SMILES string of the molecule is O=C(O)c1c(F)c(C(F)(F)F)cc2c1CCCC2. The molecule has 0 amide bonds. The third-order valence-electron chi connectivity index (χ3n) is 3.11. The first kappa shape index (κ1) is 12.9. The molecule has 0 unspecified atom stereocenters. The van der Waals surface area contributed by atoms with Gasteiger partial charge >= 0.3 is 12.1 Å². The number of aryl methyl sites for hydroxylation is 1. The molecule has 6 heteroatoms. The fourth-order valence-electron chi connectivity index (χ4n) is 2.31. The summed E-state index contributed by atoms with van der Waals surface area (Å²) in [6.45, 7) is 0. The summed E-state index contributed by atoms with van der Waals surface area (Å²) in [6, 6.07) is 0.746. The van der Waals surface area contributed by atoms with Crippen molar-refractivity contribution in [2.75, 3.05) is 0 Å². The zero-order chi connectivity index (χ0) is 13.5. The van der Waals surface area contributed by atoms with E-state index >= 15 is 0 Å². The minimum atomic E-state index is -4.87. The number of benzene rings is 1. The molecular weight excluding hydrogens is 252 g/mol. The lowest BCUT2D eigenvalue weighted by Crippen LogP contribution is -2.19. The van der Waals surface area contributed by atoms with Crippen LogP contribution >= 0.6 is 0 Å². The van der Waals surface area contributed by atoms with E-state index in [2.05, 4.69) is 0 Å². The number of carboxylic acids is 1. The number of aromatic carboxylic acids is 1. The Morgan fingerprint density at radius 2 is 1.83 bits per heavy atom. The van der Waals surface area contributed by atoms with E-state index in [4.69, 9.17) is 5.11 Å². The largest absolute Gasteiger partial charge is 0.478 e. The van der Waals surface area contributed by atoms with Crippen LogP contribution in [0.5, 0.6) is 0 Å². The minimum Gasteiger partial charge on any atom is -0.478 e. The van der Waals surface area contributed by atoms with Crippen LogP contribution in [0.4, 0.5) is 17.6 Å². The molecule has 0 saturated heterocycles. The van der Waals surface area contributed by atoms with Gasteiger partial charge in [-0.1, -0.05) is 0 Å². The van der Waals surface area contributed by atoms with Crippen LogP contribution < -0.4 is 0 Å². The Morgan fingerprint density at radius 3 is 2.39 bits per heavy atom. The summed E-state index contributed by atoms with van der Waals surface area (Å²) in [5.41, 5.74) is -1.80. The van der Waals surface area contributed by atoms with E-state index in [1.807, 2.05) is 0 Å². The molecular formula is C12H10F4O2. The molecule has 1 N–H and O–H groups in total. The molecule has 0 atom stereocenters. The van der Waals surface area contributed by atoms with Gasteiger partial charge in [0.1, 0.15) is 5.82 Å². The molecule has 1 aromatic rings. The lowest BCUT2D eigenvalue weighted by Gasteiger charge is -2.21. The summed E-state index contributed by atoms with van der Waals surface area (Å²) in [6.07, 6.45) is -2.85. The maximum absolute atomic E-state index is 13.7. The molecule has 1 aliphatic carbocycles. The monoisotopic (exact) mass is 262 g/mol. The Labute approximate surface area is 100 Å². The molecule has 0 saturated carbocycles. The van der Waals surface area contributed by atoms with Crippen LogP contribution in [-0.2, 0) is 19.0 Å². The van der Waals surface area contributed by atoms with Gasteiger partial charge in [-0.05, 0) is 42.9 Å². The Kier molecular flexibility index (Phi) is 3.04. The van der Waals surface area contributed by atoms with Crippen molar-refractivity contribution in [1.29, 1.82) is 0 Å². The maximum atomic E-state index is 13.7. The van der Waals surface area contributed by atoms with E-state index in [-0.39, 0.29) is 5.56 Å². The highest BCUT2D eigenvalue weighted by molar-refractivity contribution is 5.90. The molecule has 0 fully saturated rings. The fraction of sp³-hybridized carbons (Fsp3) is 0.417. The van der Waals surface area contributed by atoms with E-state index in [0.29, 0.717) is 31.2 Å². The van der Waals surface area contributed by atoms with Gasteiger partial charge in [0.05, 0.1) is 11.1 Å². The first-order chi connectivity index (χ1) is 8.32. The van der Waals surface area contributed by atoms with Crippen molar-refractivity contribution in [3.63, 3.8) is 0 Å². The highest BCUT2D eigenvalue weighted by Crippen LogP contribution is 2.37. The number of fused-ring (bicyclic) bond motifs is 1. The van der Waals surface area contributed by atoms with E-state index in [1.54, 1.807) is 0 Å². The standard InChI is InChI=1S/C12H10F4O2/c13-10-8(12(14,15)16)5-6-3-1-2-4-7(6)9(10)11(17)18/h5H,1-4H2,(H,17,18). The number of hydrogen-bond donors (Lipinski definition) is 1. The highest BCUT2D eigenvalue weighted by Gasteiger charge is 2.38. The number of carbonyl (C=O) groups is 1. The average Bonchev–Trinajstić information content (AvgIpc) is 2.26. The predicted molar refractivity (Wildman–Crippen MR) is 55.0 cm³/mol. The zero-order valence-electron chi connectivity index (χ0n) is 9.27. The molecule has 0 bridgehead atoms. The van der Waals surface area contributed by atoms with Gasteiger partial charge in [-0.2, -0.15) is 13.2 Å². The van der Waals surface area contributed by atoms with Crippen LogP contribution in [-0.4, -0.2) is 11.1 Å². The first-order valence-electron chi connectivity index (χ1n) is 5.47. The number of carboxylic acid groups (broad SMARTS) is 1. The summed E-state index contributed by atoms with van der Waals surface area (Å²) in [4.78, 5) is 11.0. The van der Waals surface area contributed by atoms with Crippen molar-refractivity contribution in [2.24, 2.45) is 0 Å². The normalized spacial score (nSPS) is 15.3. The maximum Gasteiger partial charge on any atom is 0.419 e. The molecule has 0 heterocycles. The van der Waals surface area contributed by atoms with Crippen molar-refractivity contribution in [3.8, 4) is 0 Å². The van der Waals surface area contributed by atoms with Gasteiger partial charge < -0.3 is 5.11 Å². The Balaban J connectivity index is 2.73. The van der Waals surface area contributed by atoms with Crippen LogP contribution in [0.3, 0.4) is 0 Å². The lowest BCUT2D eigenvalue weighted by atomic mass is 9.86. The molecule has 1 aliphatic rings. The third kappa shape index (κ3) is 2.07. The molecule has 1 aromatic carbocycles. The summed E-state index contributed by atoms with van der Waals surface area (Å²) < 4.78 is 51.6. The summed E-state index contributed by atoms with van der Waals surface area (Å²) >= 11 is 0. The number of alkyl halides is 3. The van der Waals surface area contributed by atoms with E-state index in [0.717, 1.165) is 6.07 Å². The van der Waals surface area contributed by atoms with Crippen molar-refractivity contribution >= 4 is 5.97 Å². The number of halogens is 4. The second kappa shape index (κ2) is 4.26. The summed E-state index contributed by atoms with van der Waals surface area (Å²) in [5.74, 6) is -3.31. The highest BCUT2D eigenvalue weighted by atomic mass is 19.4. The quantitative estimate of drug-likeness (QED) is 0.787. The molecule has 2 nitrogen and oxygen atoms in total. The molecule has 2 rings (SSSR count). The van der Waals surface area contributed by atoms with E-state index < -0.39 is 29.1 Å².